The molecule has 1 heterocycles. The maximum Gasteiger partial charge on any atom is 0.317 e. The number of carbonyl (C=O) groups is 1. The fourth-order valence-electron chi connectivity index (χ4n) is 2.37. The van der Waals surface area contributed by atoms with E-state index in [1.807, 2.05) is 11.0 Å². The summed E-state index contributed by atoms with van der Waals surface area (Å²) < 4.78 is 11.6. The van der Waals surface area contributed by atoms with Crippen LogP contribution in [0, 0.1) is 0 Å². The lowest BCUT2D eigenvalue weighted by Crippen LogP contribution is -2.35. The van der Waals surface area contributed by atoms with Crippen molar-refractivity contribution in [3.63, 3.8) is 0 Å². The fourth-order valence-corrected chi connectivity index (χ4v) is 3.18. The number of aliphatic carboxylic acids is 1. The van der Waals surface area contributed by atoms with Crippen LogP contribution < -0.4 is 9.47 Å². The molecule has 104 valence electrons. The van der Waals surface area contributed by atoms with E-state index in [2.05, 4.69) is 15.9 Å². The van der Waals surface area contributed by atoms with E-state index in [1.165, 1.54) is 5.56 Å². The molecule has 0 atom stereocenters. The van der Waals surface area contributed by atoms with Gasteiger partial charge in [-0.25, -0.2) is 0 Å². The number of carboxylic acid groups (broad SMARTS) is 1. The van der Waals surface area contributed by atoms with Crippen molar-refractivity contribution in [1.82, 2.24) is 4.90 Å². The molecule has 0 spiro atoms. The van der Waals surface area contributed by atoms with Gasteiger partial charge in [-0.2, -0.15) is 0 Å². The molecule has 0 fully saturated rings. The molecule has 0 bridgehead atoms. The molecule has 0 amide bonds. The second-order valence-corrected chi connectivity index (χ2v) is 5.21. The summed E-state index contributed by atoms with van der Waals surface area (Å²) in [5.41, 5.74) is 2.25. The van der Waals surface area contributed by atoms with E-state index in [0.29, 0.717) is 18.0 Å². The Morgan fingerprint density at radius 3 is 2.79 bits per heavy atom. The van der Waals surface area contributed by atoms with E-state index in [0.717, 1.165) is 23.0 Å². The molecule has 19 heavy (non-hydrogen) atoms. The number of rotatable bonds is 4. The molecule has 5 nitrogen and oxygen atoms in total. The van der Waals surface area contributed by atoms with Gasteiger partial charge in [0.25, 0.3) is 0 Å². The molecule has 1 aromatic rings. The normalized spacial score (nSPS) is 14.9. The maximum atomic E-state index is 10.8. The molecule has 1 N–H and O–H groups in total. The van der Waals surface area contributed by atoms with Crippen LogP contribution in [0.4, 0.5) is 0 Å². The Bertz CT molecular complexity index is 504. The summed E-state index contributed by atoms with van der Waals surface area (Å²) in [5.74, 6) is 0.543. The van der Waals surface area contributed by atoms with E-state index in [4.69, 9.17) is 14.6 Å². The highest BCUT2D eigenvalue weighted by molar-refractivity contribution is 9.10. The summed E-state index contributed by atoms with van der Waals surface area (Å²) in [7, 11) is 3.20. The second-order valence-electron chi connectivity index (χ2n) is 4.42. The lowest BCUT2D eigenvalue weighted by Gasteiger charge is -2.29. The smallest absolute Gasteiger partial charge is 0.317 e. The Morgan fingerprint density at radius 2 is 2.21 bits per heavy atom. The van der Waals surface area contributed by atoms with Crippen molar-refractivity contribution < 1.29 is 19.4 Å². The first-order valence-corrected chi connectivity index (χ1v) is 6.72. The Balaban J connectivity index is 2.35. The molecule has 0 aliphatic carbocycles. The third-order valence-electron chi connectivity index (χ3n) is 3.24. The van der Waals surface area contributed by atoms with Crippen molar-refractivity contribution >= 4 is 21.9 Å². The van der Waals surface area contributed by atoms with E-state index in [1.54, 1.807) is 14.2 Å². The Labute approximate surface area is 120 Å². The number of benzene rings is 1. The molecule has 0 saturated heterocycles. The minimum absolute atomic E-state index is 0.0609. The van der Waals surface area contributed by atoms with Crippen molar-refractivity contribution in [1.29, 1.82) is 0 Å². The van der Waals surface area contributed by atoms with Crippen LogP contribution in [0.25, 0.3) is 0 Å². The first kappa shape index (κ1) is 14.1. The van der Waals surface area contributed by atoms with Gasteiger partial charge < -0.3 is 14.6 Å². The van der Waals surface area contributed by atoms with Gasteiger partial charge in [-0.05, 0) is 39.5 Å². The van der Waals surface area contributed by atoms with Gasteiger partial charge in [-0.3, -0.25) is 9.69 Å². The summed E-state index contributed by atoms with van der Waals surface area (Å²) >= 11 is 3.55. The zero-order valence-corrected chi connectivity index (χ0v) is 12.5. The fraction of sp³-hybridized carbons (Fsp3) is 0.462. The molecule has 0 radical (unpaired) electrons. The van der Waals surface area contributed by atoms with E-state index >= 15 is 0 Å². The lowest BCUT2D eigenvalue weighted by molar-refractivity contribution is -0.138. The molecule has 0 aromatic heterocycles. The molecule has 6 heteroatoms. The van der Waals surface area contributed by atoms with Crippen LogP contribution in [0.5, 0.6) is 11.5 Å². The predicted octanol–water partition coefficient (Wildman–Crippen LogP) is 1.91. The number of ether oxygens (including phenoxy) is 2. The summed E-state index contributed by atoms with van der Waals surface area (Å²) in [6.07, 6.45) is 0.795. The van der Waals surface area contributed by atoms with Gasteiger partial charge >= 0.3 is 5.97 Å². The van der Waals surface area contributed by atoms with Crippen LogP contribution in [-0.2, 0) is 17.8 Å². The molecule has 0 saturated carbocycles. The van der Waals surface area contributed by atoms with Gasteiger partial charge in [0.1, 0.15) is 0 Å². The van der Waals surface area contributed by atoms with Crippen LogP contribution in [0.15, 0.2) is 10.5 Å². The monoisotopic (exact) mass is 329 g/mol. The number of methoxy groups -OCH3 is 2. The molecular formula is C13H16BrNO4. The van der Waals surface area contributed by atoms with E-state index in [9.17, 15) is 4.79 Å². The van der Waals surface area contributed by atoms with Crippen molar-refractivity contribution in [2.45, 2.75) is 13.0 Å². The third kappa shape index (κ3) is 2.84. The van der Waals surface area contributed by atoms with Crippen LogP contribution >= 0.6 is 15.9 Å². The SMILES string of the molecule is COc1cc2c(c(Br)c1OC)CCN(CC(=O)O)C2. The predicted molar refractivity (Wildman–Crippen MR) is 73.9 cm³/mol. The van der Waals surface area contributed by atoms with Crippen molar-refractivity contribution in [3.05, 3.63) is 21.7 Å². The average molecular weight is 330 g/mol. The minimum atomic E-state index is -0.803. The number of fused-ring (bicyclic) bond motifs is 1. The van der Waals surface area contributed by atoms with Crippen LogP contribution in [-0.4, -0.2) is 43.3 Å². The standard InChI is InChI=1S/C13H16BrNO4/c1-18-10-5-8-6-15(7-11(16)17)4-3-9(8)12(14)13(10)19-2/h5H,3-4,6-7H2,1-2H3,(H,16,17). The van der Waals surface area contributed by atoms with Crippen LogP contribution in [0.2, 0.25) is 0 Å². The van der Waals surface area contributed by atoms with E-state index < -0.39 is 5.97 Å². The summed E-state index contributed by atoms with van der Waals surface area (Å²) in [5, 5.41) is 8.86. The Morgan fingerprint density at radius 1 is 1.47 bits per heavy atom. The van der Waals surface area contributed by atoms with Gasteiger partial charge in [0.15, 0.2) is 11.5 Å². The number of carboxylic acids is 1. The van der Waals surface area contributed by atoms with E-state index in [-0.39, 0.29) is 6.54 Å². The second kappa shape index (κ2) is 5.79. The zero-order valence-electron chi connectivity index (χ0n) is 10.9. The number of hydrogen-bond donors (Lipinski definition) is 1. The largest absolute Gasteiger partial charge is 0.493 e. The highest BCUT2D eigenvalue weighted by Crippen LogP contribution is 2.41. The summed E-state index contributed by atoms with van der Waals surface area (Å²) in [6.45, 7) is 1.40. The first-order chi connectivity index (χ1) is 9.06. The highest BCUT2D eigenvalue weighted by atomic mass is 79.9. The third-order valence-corrected chi connectivity index (χ3v) is 4.07. The van der Waals surface area contributed by atoms with Gasteiger partial charge in [0, 0.05) is 13.1 Å². The maximum absolute atomic E-state index is 10.8. The molecule has 0 unspecified atom stereocenters. The van der Waals surface area contributed by atoms with Gasteiger partial charge in [0.05, 0.1) is 25.2 Å². The minimum Gasteiger partial charge on any atom is -0.493 e. The summed E-state index contributed by atoms with van der Waals surface area (Å²) in [4.78, 5) is 12.7. The number of halogens is 1. The quantitative estimate of drug-likeness (QED) is 0.914. The van der Waals surface area contributed by atoms with Crippen molar-refractivity contribution in [2.24, 2.45) is 0 Å². The highest BCUT2D eigenvalue weighted by Gasteiger charge is 2.24. The molecular weight excluding hydrogens is 314 g/mol. The van der Waals surface area contributed by atoms with Crippen molar-refractivity contribution in [2.75, 3.05) is 27.3 Å². The van der Waals surface area contributed by atoms with Gasteiger partial charge in [0.2, 0.25) is 0 Å². The molecule has 2 rings (SSSR count). The Kier molecular flexibility index (Phi) is 4.31. The number of hydrogen-bond acceptors (Lipinski definition) is 4. The molecule has 1 aromatic carbocycles. The van der Waals surface area contributed by atoms with Crippen LogP contribution in [0.1, 0.15) is 11.1 Å². The topological polar surface area (TPSA) is 59.0 Å². The van der Waals surface area contributed by atoms with Gasteiger partial charge in [-0.15, -0.1) is 0 Å². The first-order valence-electron chi connectivity index (χ1n) is 5.93. The molecule has 1 aliphatic heterocycles. The number of nitrogens with zero attached hydrogens (tertiary/aromatic N) is 1. The Hall–Kier alpha value is -1.27. The lowest BCUT2D eigenvalue weighted by atomic mass is 9.99. The zero-order chi connectivity index (χ0) is 14.0. The molecule has 1 aliphatic rings. The van der Waals surface area contributed by atoms with Crippen molar-refractivity contribution in [3.8, 4) is 11.5 Å². The average Bonchev–Trinajstić information content (AvgIpc) is 2.37. The van der Waals surface area contributed by atoms with Gasteiger partial charge in [-0.1, -0.05) is 0 Å². The summed E-state index contributed by atoms with van der Waals surface area (Å²) in [6, 6.07) is 1.92. The van der Waals surface area contributed by atoms with Crippen LogP contribution in [0.3, 0.4) is 0 Å².